The number of likely N-dealkylation sites (N-methyl/N-ethyl adjacent to an activating group) is 1. The number of aromatic nitrogens is 7. The molecule has 0 unspecified atom stereocenters. The van der Waals surface area contributed by atoms with Crippen LogP contribution in [0.1, 0.15) is 19.3 Å². The number of piperidine rings is 1. The van der Waals surface area contributed by atoms with Crippen LogP contribution in [0.25, 0.3) is 56.0 Å². The molecule has 240 valence electrons. The Morgan fingerprint density at radius 2 is 1.81 bits per heavy atom. The third-order valence-electron chi connectivity index (χ3n) is 8.39. The van der Waals surface area contributed by atoms with Crippen molar-refractivity contribution < 1.29 is 9.18 Å². The van der Waals surface area contributed by atoms with E-state index in [-0.39, 0.29) is 11.7 Å². The van der Waals surface area contributed by atoms with Crippen LogP contribution >= 0.6 is 0 Å². The second-order valence-corrected chi connectivity index (χ2v) is 12.2. The Balaban J connectivity index is 1.16. The summed E-state index contributed by atoms with van der Waals surface area (Å²) in [7, 11) is 3.98. The van der Waals surface area contributed by atoms with Crippen LogP contribution in [0, 0.1) is 11.7 Å². The lowest BCUT2D eigenvalue weighted by Crippen LogP contribution is -2.30. The number of rotatable bonds is 10. The van der Waals surface area contributed by atoms with Gasteiger partial charge in [0, 0.05) is 60.5 Å². The maximum atomic E-state index is 14.7. The molecule has 47 heavy (non-hydrogen) atoms. The molecule has 1 aliphatic rings. The first kappa shape index (κ1) is 30.4. The van der Waals surface area contributed by atoms with Gasteiger partial charge >= 0.3 is 0 Å². The van der Waals surface area contributed by atoms with Crippen molar-refractivity contribution >= 4 is 39.3 Å². The van der Waals surface area contributed by atoms with E-state index in [0.29, 0.717) is 64.2 Å². The first-order chi connectivity index (χ1) is 22.9. The zero-order valence-corrected chi connectivity index (χ0v) is 26.3. The molecule has 5 N–H and O–H groups in total. The number of imidazole rings is 1. The summed E-state index contributed by atoms with van der Waals surface area (Å²) < 4.78 is 14.7. The van der Waals surface area contributed by atoms with Gasteiger partial charge in [0.25, 0.3) is 0 Å². The van der Waals surface area contributed by atoms with Crippen LogP contribution in [0.4, 0.5) is 15.8 Å². The predicted molar refractivity (Wildman–Crippen MR) is 181 cm³/mol. The minimum atomic E-state index is -0.360. The highest BCUT2D eigenvalue weighted by molar-refractivity contribution is 5.97. The van der Waals surface area contributed by atoms with Gasteiger partial charge in [0.2, 0.25) is 5.91 Å². The molecule has 0 bridgehead atoms. The van der Waals surface area contributed by atoms with Gasteiger partial charge in [0.1, 0.15) is 17.0 Å². The van der Waals surface area contributed by atoms with Crippen molar-refractivity contribution in [3.8, 4) is 33.9 Å². The molecule has 0 aliphatic carbocycles. The lowest BCUT2D eigenvalue weighted by atomic mass is 9.94. The fourth-order valence-corrected chi connectivity index (χ4v) is 5.98. The molecule has 0 saturated carbocycles. The summed E-state index contributed by atoms with van der Waals surface area (Å²) in [4.78, 5) is 36.6. The SMILES string of the molecule is CN(C)CCNc1cc(F)cc(-c2nccc3[nH]c(-c4n[nH]c5ncc(-c6cncc(NC(=O)CC7CCNCC7)c6)cc45)nc23)c1. The maximum absolute atomic E-state index is 14.7. The molecule has 6 heterocycles. The van der Waals surface area contributed by atoms with Crippen molar-refractivity contribution in [1.29, 1.82) is 0 Å². The van der Waals surface area contributed by atoms with Gasteiger partial charge in [-0.15, -0.1) is 0 Å². The zero-order chi connectivity index (χ0) is 32.3. The summed E-state index contributed by atoms with van der Waals surface area (Å²) in [6, 6.07) is 10.5. The minimum Gasteiger partial charge on any atom is -0.384 e. The summed E-state index contributed by atoms with van der Waals surface area (Å²) >= 11 is 0. The number of hydrogen-bond donors (Lipinski definition) is 5. The zero-order valence-electron chi connectivity index (χ0n) is 26.3. The van der Waals surface area contributed by atoms with Crippen molar-refractivity contribution in [1.82, 2.24) is 45.3 Å². The van der Waals surface area contributed by atoms with Gasteiger partial charge < -0.3 is 25.8 Å². The monoisotopic (exact) mass is 633 g/mol. The van der Waals surface area contributed by atoms with Gasteiger partial charge in [-0.25, -0.2) is 14.4 Å². The third-order valence-corrected chi connectivity index (χ3v) is 8.39. The summed E-state index contributed by atoms with van der Waals surface area (Å²) in [6.07, 6.45) is 9.34. The van der Waals surface area contributed by atoms with Gasteiger partial charge in [0.05, 0.1) is 28.5 Å². The molecular weight excluding hydrogens is 597 g/mol. The lowest BCUT2D eigenvalue weighted by Gasteiger charge is -2.21. The average Bonchev–Trinajstić information content (AvgIpc) is 3.69. The van der Waals surface area contributed by atoms with E-state index < -0.39 is 0 Å². The number of carbonyl (C=O) groups is 1. The normalized spacial score (nSPS) is 13.9. The second-order valence-electron chi connectivity index (χ2n) is 12.2. The number of H-pyrrole nitrogens is 2. The summed E-state index contributed by atoms with van der Waals surface area (Å²) in [5.74, 6) is 0.554. The van der Waals surface area contributed by atoms with Crippen LogP contribution in [0.15, 0.2) is 61.2 Å². The number of amides is 1. The molecule has 5 aromatic heterocycles. The lowest BCUT2D eigenvalue weighted by molar-refractivity contribution is -0.117. The number of hydrogen-bond acceptors (Lipinski definition) is 9. The molecule has 0 atom stereocenters. The van der Waals surface area contributed by atoms with Crippen molar-refractivity contribution in [2.45, 2.75) is 19.3 Å². The van der Waals surface area contributed by atoms with Gasteiger partial charge in [-0.05, 0) is 82.3 Å². The largest absolute Gasteiger partial charge is 0.384 e. The molecule has 1 aliphatic heterocycles. The molecule has 13 heteroatoms. The Morgan fingerprint density at radius 1 is 0.979 bits per heavy atom. The number of fused-ring (bicyclic) bond motifs is 2. The number of pyridine rings is 3. The van der Waals surface area contributed by atoms with E-state index >= 15 is 0 Å². The van der Waals surface area contributed by atoms with E-state index in [2.05, 4.69) is 51.0 Å². The van der Waals surface area contributed by atoms with E-state index in [1.165, 1.54) is 12.1 Å². The number of nitrogens with zero attached hydrogens (tertiary/aromatic N) is 6. The van der Waals surface area contributed by atoms with Gasteiger partial charge in [-0.3, -0.25) is 19.9 Å². The van der Waals surface area contributed by atoms with Crippen LogP contribution < -0.4 is 16.0 Å². The Morgan fingerprint density at radius 3 is 2.66 bits per heavy atom. The minimum absolute atomic E-state index is 0.00431. The van der Waals surface area contributed by atoms with E-state index in [1.54, 1.807) is 24.8 Å². The average molecular weight is 634 g/mol. The second kappa shape index (κ2) is 13.2. The molecule has 7 rings (SSSR count). The molecule has 0 spiro atoms. The van der Waals surface area contributed by atoms with Gasteiger partial charge in [-0.2, -0.15) is 5.10 Å². The highest BCUT2D eigenvalue weighted by Crippen LogP contribution is 2.33. The van der Waals surface area contributed by atoms with E-state index in [4.69, 9.17) is 4.98 Å². The maximum Gasteiger partial charge on any atom is 0.224 e. The summed E-state index contributed by atoms with van der Waals surface area (Å²) in [6.45, 7) is 3.40. The highest BCUT2D eigenvalue weighted by atomic mass is 19.1. The van der Waals surface area contributed by atoms with E-state index in [1.807, 2.05) is 38.4 Å². The fourth-order valence-electron chi connectivity index (χ4n) is 5.98. The number of anilines is 2. The predicted octanol–water partition coefficient (Wildman–Crippen LogP) is 5.07. The first-order valence-electron chi connectivity index (χ1n) is 15.7. The van der Waals surface area contributed by atoms with Crippen LogP contribution in [0.3, 0.4) is 0 Å². The Kier molecular flexibility index (Phi) is 8.55. The standard InChI is InChI=1S/C34H36FN11O/c1-46(2)10-9-38-25-13-21(12-24(35)16-25)30-32-28(5-8-39-30)42-34(43-32)31-27-15-23(18-40-33(27)45-44-31)22-14-26(19-37-17-22)41-29(47)11-20-3-6-36-7-4-20/h5,8,12-20,36,38H,3-4,6-7,9-11H2,1-2H3,(H,41,47)(H,42,43)(H,40,44,45). The molecule has 1 aromatic carbocycles. The summed E-state index contributed by atoms with van der Waals surface area (Å²) in [5, 5.41) is 17.9. The van der Waals surface area contributed by atoms with Gasteiger partial charge in [0.15, 0.2) is 11.5 Å². The molecule has 12 nitrogen and oxygen atoms in total. The van der Waals surface area contributed by atoms with E-state index in [0.717, 1.165) is 54.5 Å². The third kappa shape index (κ3) is 6.81. The van der Waals surface area contributed by atoms with Crippen LogP contribution in [-0.2, 0) is 4.79 Å². The van der Waals surface area contributed by atoms with Crippen LogP contribution in [0.5, 0.6) is 0 Å². The molecule has 1 fully saturated rings. The number of aromatic amines is 2. The smallest absolute Gasteiger partial charge is 0.224 e. The van der Waals surface area contributed by atoms with Crippen molar-refractivity contribution in [3.63, 3.8) is 0 Å². The van der Waals surface area contributed by atoms with Crippen molar-refractivity contribution in [2.24, 2.45) is 5.92 Å². The number of benzene rings is 1. The fraction of sp³-hybridized carbons (Fsp3) is 0.294. The molecule has 1 saturated heterocycles. The molecule has 1 amide bonds. The van der Waals surface area contributed by atoms with Crippen LogP contribution in [-0.4, -0.2) is 86.2 Å². The van der Waals surface area contributed by atoms with Crippen molar-refractivity contribution in [2.75, 3.05) is 50.9 Å². The molecular formula is C34H36FN11O. The highest BCUT2D eigenvalue weighted by Gasteiger charge is 2.19. The first-order valence-corrected chi connectivity index (χ1v) is 15.7. The Bertz CT molecular complexity index is 2050. The van der Waals surface area contributed by atoms with Crippen molar-refractivity contribution in [3.05, 3.63) is 67.0 Å². The van der Waals surface area contributed by atoms with Gasteiger partial charge in [-0.1, -0.05) is 0 Å². The Hall–Kier alpha value is -5.27. The van der Waals surface area contributed by atoms with Crippen LogP contribution in [0.2, 0.25) is 0 Å². The summed E-state index contributed by atoms with van der Waals surface area (Å²) in [5.41, 5.74) is 6.64. The quantitative estimate of drug-likeness (QED) is 0.139. The van der Waals surface area contributed by atoms with E-state index in [9.17, 15) is 9.18 Å². The number of carbonyl (C=O) groups excluding carboxylic acids is 1. The molecule has 6 aromatic rings. The number of nitrogens with one attached hydrogen (secondary N) is 5. The number of halogens is 1. The topological polar surface area (TPSA) is 152 Å². The Labute approximate surface area is 270 Å². The molecule has 0 radical (unpaired) electrons.